The minimum Gasteiger partial charge on any atom is -0.379 e. The van der Waals surface area contributed by atoms with Gasteiger partial charge in [0.05, 0.1) is 17.5 Å². The van der Waals surface area contributed by atoms with Crippen molar-refractivity contribution in [3.8, 4) is 0 Å². The zero-order valence-corrected chi connectivity index (χ0v) is 16.2. The third kappa shape index (κ3) is 3.77. The SMILES string of the molecule is CC(C)n1cnc2c(NCc3ccccc3)cc(Cc3ccccc3F)cc21. The summed E-state index contributed by atoms with van der Waals surface area (Å²) >= 11 is 0. The molecular weight excluding hydrogens is 349 g/mol. The van der Waals surface area contributed by atoms with E-state index in [1.54, 1.807) is 6.07 Å². The van der Waals surface area contributed by atoms with E-state index in [-0.39, 0.29) is 5.82 Å². The van der Waals surface area contributed by atoms with E-state index in [0.29, 0.717) is 24.6 Å². The second kappa shape index (κ2) is 7.85. The van der Waals surface area contributed by atoms with E-state index in [9.17, 15) is 4.39 Å². The van der Waals surface area contributed by atoms with Crippen LogP contribution in [0.1, 0.15) is 36.6 Å². The quantitative estimate of drug-likeness (QED) is 0.452. The van der Waals surface area contributed by atoms with Crippen LogP contribution in [0.4, 0.5) is 10.1 Å². The average molecular weight is 373 g/mol. The minimum atomic E-state index is -0.168. The molecule has 0 unspecified atom stereocenters. The molecule has 142 valence electrons. The summed E-state index contributed by atoms with van der Waals surface area (Å²) in [6.07, 6.45) is 2.43. The second-order valence-corrected chi connectivity index (χ2v) is 7.36. The van der Waals surface area contributed by atoms with Gasteiger partial charge in [-0.15, -0.1) is 0 Å². The highest BCUT2D eigenvalue weighted by Crippen LogP contribution is 2.28. The molecule has 0 fully saturated rings. The van der Waals surface area contributed by atoms with Crippen molar-refractivity contribution in [2.24, 2.45) is 0 Å². The molecule has 28 heavy (non-hydrogen) atoms. The van der Waals surface area contributed by atoms with Crippen LogP contribution >= 0.6 is 0 Å². The topological polar surface area (TPSA) is 29.9 Å². The number of anilines is 1. The number of imidazole rings is 1. The lowest BCUT2D eigenvalue weighted by atomic mass is 10.0. The normalized spacial score (nSPS) is 11.3. The van der Waals surface area contributed by atoms with Gasteiger partial charge in [-0.2, -0.15) is 0 Å². The molecule has 4 aromatic rings. The van der Waals surface area contributed by atoms with Crippen molar-refractivity contribution in [2.75, 3.05) is 5.32 Å². The summed E-state index contributed by atoms with van der Waals surface area (Å²) in [7, 11) is 0. The average Bonchev–Trinajstić information content (AvgIpc) is 3.13. The molecule has 0 aliphatic heterocycles. The first-order valence-corrected chi connectivity index (χ1v) is 9.62. The van der Waals surface area contributed by atoms with Gasteiger partial charge in [0.25, 0.3) is 0 Å². The van der Waals surface area contributed by atoms with Crippen LogP contribution in [0.5, 0.6) is 0 Å². The van der Waals surface area contributed by atoms with Gasteiger partial charge in [0.1, 0.15) is 11.3 Å². The zero-order valence-electron chi connectivity index (χ0n) is 16.2. The Balaban J connectivity index is 1.73. The van der Waals surface area contributed by atoms with E-state index in [2.05, 4.69) is 53.0 Å². The lowest BCUT2D eigenvalue weighted by Crippen LogP contribution is -2.03. The van der Waals surface area contributed by atoms with E-state index in [1.165, 1.54) is 11.6 Å². The van der Waals surface area contributed by atoms with Gasteiger partial charge in [-0.25, -0.2) is 9.37 Å². The molecule has 0 radical (unpaired) electrons. The van der Waals surface area contributed by atoms with Gasteiger partial charge in [0.15, 0.2) is 0 Å². The highest BCUT2D eigenvalue weighted by molar-refractivity contribution is 5.89. The van der Waals surface area contributed by atoms with Crippen molar-refractivity contribution in [3.63, 3.8) is 0 Å². The summed E-state index contributed by atoms with van der Waals surface area (Å²) in [5.41, 5.74) is 5.97. The van der Waals surface area contributed by atoms with Gasteiger partial charge < -0.3 is 9.88 Å². The summed E-state index contributed by atoms with van der Waals surface area (Å²) < 4.78 is 16.3. The molecule has 4 heteroatoms. The van der Waals surface area contributed by atoms with Crippen molar-refractivity contribution >= 4 is 16.7 Å². The second-order valence-electron chi connectivity index (χ2n) is 7.36. The Morgan fingerprint density at radius 3 is 2.46 bits per heavy atom. The predicted molar refractivity (Wildman–Crippen MR) is 113 cm³/mol. The molecule has 0 atom stereocenters. The molecule has 0 saturated carbocycles. The van der Waals surface area contributed by atoms with Crippen LogP contribution in [0.3, 0.4) is 0 Å². The fourth-order valence-electron chi connectivity index (χ4n) is 3.50. The Morgan fingerprint density at radius 1 is 0.964 bits per heavy atom. The van der Waals surface area contributed by atoms with Gasteiger partial charge in [0.2, 0.25) is 0 Å². The van der Waals surface area contributed by atoms with Crippen LogP contribution in [-0.4, -0.2) is 9.55 Å². The van der Waals surface area contributed by atoms with Crippen LogP contribution in [-0.2, 0) is 13.0 Å². The molecule has 1 aromatic heterocycles. The first-order chi connectivity index (χ1) is 13.6. The summed E-state index contributed by atoms with van der Waals surface area (Å²) in [6.45, 7) is 5.00. The lowest BCUT2D eigenvalue weighted by Gasteiger charge is -2.13. The van der Waals surface area contributed by atoms with Gasteiger partial charge in [-0.3, -0.25) is 0 Å². The smallest absolute Gasteiger partial charge is 0.126 e. The van der Waals surface area contributed by atoms with Gasteiger partial charge in [-0.1, -0.05) is 48.5 Å². The molecule has 1 heterocycles. The van der Waals surface area contributed by atoms with Gasteiger partial charge in [0, 0.05) is 19.0 Å². The van der Waals surface area contributed by atoms with E-state index < -0.39 is 0 Å². The highest BCUT2D eigenvalue weighted by atomic mass is 19.1. The first kappa shape index (κ1) is 18.2. The standard InChI is InChI=1S/C24H24FN3/c1-17(2)28-16-27-24-22(26-15-18-8-4-3-5-9-18)13-19(14-23(24)28)12-20-10-6-7-11-21(20)25/h3-11,13-14,16-17,26H,12,15H2,1-2H3. The molecule has 0 aliphatic carbocycles. The Bertz CT molecular complexity index is 1080. The fraction of sp³-hybridized carbons (Fsp3) is 0.208. The van der Waals surface area contributed by atoms with E-state index in [0.717, 1.165) is 22.3 Å². The molecule has 3 aromatic carbocycles. The van der Waals surface area contributed by atoms with Crippen molar-refractivity contribution in [1.82, 2.24) is 9.55 Å². The maximum atomic E-state index is 14.2. The number of fused-ring (bicyclic) bond motifs is 1. The number of nitrogens with zero attached hydrogens (tertiary/aromatic N) is 2. The Morgan fingerprint density at radius 2 is 1.71 bits per heavy atom. The minimum absolute atomic E-state index is 0.168. The summed E-state index contributed by atoms with van der Waals surface area (Å²) in [6, 6.07) is 21.8. The third-order valence-corrected chi connectivity index (χ3v) is 4.97. The number of halogens is 1. The number of hydrogen-bond donors (Lipinski definition) is 1. The fourth-order valence-corrected chi connectivity index (χ4v) is 3.50. The third-order valence-electron chi connectivity index (χ3n) is 4.97. The van der Waals surface area contributed by atoms with Crippen LogP contribution in [0.25, 0.3) is 11.0 Å². The molecular formula is C24H24FN3. The van der Waals surface area contributed by atoms with E-state index >= 15 is 0 Å². The maximum Gasteiger partial charge on any atom is 0.126 e. The molecule has 3 nitrogen and oxygen atoms in total. The van der Waals surface area contributed by atoms with Gasteiger partial charge in [-0.05, 0) is 48.7 Å². The van der Waals surface area contributed by atoms with Crippen molar-refractivity contribution in [1.29, 1.82) is 0 Å². The summed E-state index contributed by atoms with van der Waals surface area (Å²) in [5, 5.41) is 3.53. The van der Waals surface area contributed by atoms with Gasteiger partial charge >= 0.3 is 0 Å². The number of rotatable bonds is 6. The van der Waals surface area contributed by atoms with Crippen molar-refractivity contribution < 1.29 is 4.39 Å². The molecule has 1 N–H and O–H groups in total. The lowest BCUT2D eigenvalue weighted by molar-refractivity contribution is 0.613. The highest BCUT2D eigenvalue weighted by Gasteiger charge is 2.13. The monoisotopic (exact) mass is 373 g/mol. The van der Waals surface area contributed by atoms with Crippen LogP contribution in [0, 0.1) is 5.82 Å². The molecule has 0 amide bonds. The van der Waals surface area contributed by atoms with Crippen molar-refractivity contribution in [2.45, 2.75) is 32.9 Å². The first-order valence-electron chi connectivity index (χ1n) is 9.62. The largest absolute Gasteiger partial charge is 0.379 e. The van der Waals surface area contributed by atoms with E-state index in [4.69, 9.17) is 0 Å². The molecule has 0 bridgehead atoms. The van der Waals surface area contributed by atoms with Crippen molar-refractivity contribution in [3.05, 3.63) is 95.6 Å². The molecule has 0 spiro atoms. The molecule has 0 saturated heterocycles. The zero-order chi connectivity index (χ0) is 19.5. The number of aromatic nitrogens is 2. The number of nitrogens with one attached hydrogen (secondary N) is 1. The van der Waals surface area contributed by atoms with Crippen LogP contribution in [0.15, 0.2) is 73.1 Å². The van der Waals surface area contributed by atoms with Crippen LogP contribution < -0.4 is 5.32 Å². The molecule has 0 aliphatic rings. The maximum absolute atomic E-state index is 14.2. The number of benzene rings is 3. The summed E-state index contributed by atoms with van der Waals surface area (Å²) in [5.74, 6) is -0.168. The Labute approximate surface area is 164 Å². The Kier molecular flexibility index (Phi) is 5.11. The van der Waals surface area contributed by atoms with E-state index in [1.807, 2.05) is 36.7 Å². The summed E-state index contributed by atoms with van der Waals surface area (Å²) in [4.78, 5) is 4.64. The predicted octanol–water partition coefficient (Wildman–Crippen LogP) is 5.96. The number of hydrogen-bond acceptors (Lipinski definition) is 2. The Hall–Kier alpha value is -3.14. The molecule has 4 rings (SSSR count). The van der Waals surface area contributed by atoms with Crippen LogP contribution in [0.2, 0.25) is 0 Å².